The van der Waals surface area contributed by atoms with Crippen LogP contribution in [0.15, 0.2) is 24.3 Å². The van der Waals surface area contributed by atoms with Crippen LogP contribution in [0.2, 0.25) is 0 Å². The van der Waals surface area contributed by atoms with Crippen molar-refractivity contribution in [3.05, 3.63) is 29.8 Å². The highest BCUT2D eigenvalue weighted by atomic mass is 35.5. The van der Waals surface area contributed by atoms with E-state index >= 15 is 0 Å². The SMILES string of the molecule is COc1ccccc1CN(C(=O)CCCCCCN)C1CC1.Cl. The van der Waals surface area contributed by atoms with E-state index < -0.39 is 0 Å². The summed E-state index contributed by atoms with van der Waals surface area (Å²) in [7, 11) is 1.68. The van der Waals surface area contributed by atoms with Gasteiger partial charge in [0.2, 0.25) is 5.91 Å². The molecule has 1 aromatic rings. The molecular formula is C18H29ClN2O2. The number of halogens is 1. The minimum atomic E-state index is 0. The average molecular weight is 341 g/mol. The third-order valence-electron chi connectivity index (χ3n) is 4.19. The van der Waals surface area contributed by atoms with Crippen LogP contribution >= 0.6 is 12.4 Å². The molecule has 4 nitrogen and oxygen atoms in total. The van der Waals surface area contributed by atoms with E-state index in [1.54, 1.807) is 7.11 Å². The number of ether oxygens (including phenoxy) is 1. The number of carbonyl (C=O) groups is 1. The van der Waals surface area contributed by atoms with Crippen molar-refractivity contribution >= 4 is 18.3 Å². The Balaban J connectivity index is 0.00000264. The van der Waals surface area contributed by atoms with Crippen molar-refractivity contribution in [1.82, 2.24) is 4.90 Å². The molecule has 5 heteroatoms. The van der Waals surface area contributed by atoms with Crippen LogP contribution in [0.5, 0.6) is 5.75 Å². The van der Waals surface area contributed by atoms with Gasteiger partial charge in [-0.1, -0.05) is 31.0 Å². The first-order valence-corrected chi connectivity index (χ1v) is 8.37. The van der Waals surface area contributed by atoms with E-state index in [1.165, 1.54) is 0 Å². The fraction of sp³-hybridized carbons (Fsp3) is 0.611. The number of benzene rings is 1. The molecule has 0 aliphatic heterocycles. The van der Waals surface area contributed by atoms with Crippen LogP contribution in [0.4, 0.5) is 0 Å². The lowest BCUT2D eigenvalue weighted by atomic mass is 10.1. The summed E-state index contributed by atoms with van der Waals surface area (Å²) in [6.45, 7) is 1.41. The number of hydrogen-bond acceptors (Lipinski definition) is 3. The van der Waals surface area contributed by atoms with Crippen LogP contribution in [0, 0.1) is 0 Å². The third kappa shape index (κ3) is 6.40. The minimum absolute atomic E-state index is 0. The first-order valence-electron chi connectivity index (χ1n) is 8.37. The molecule has 0 spiro atoms. The predicted molar refractivity (Wildman–Crippen MR) is 96.0 cm³/mol. The zero-order chi connectivity index (χ0) is 15.8. The molecule has 0 bridgehead atoms. The second-order valence-corrected chi connectivity index (χ2v) is 6.02. The molecule has 1 saturated carbocycles. The Labute approximate surface area is 145 Å². The molecular weight excluding hydrogens is 312 g/mol. The quantitative estimate of drug-likeness (QED) is 0.663. The molecule has 1 aliphatic rings. The standard InChI is InChI=1S/C18H28N2O2.ClH/c1-22-17-9-6-5-8-15(17)14-20(16-11-12-16)18(21)10-4-2-3-7-13-19;/h5-6,8-9,16H,2-4,7,10-14,19H2,1H3;1H. The lowest BCUT2D eigenvalue weighted by Crippen LogP contribution is -2.32. The molecule has 1 fully saturated rings. The molecule has 0 aromatic heterocycles. The van der Waals surface area contributed by atoms with Crippen molar-refractivity contribution < 1.29 is 9.53 Å². The third-order valence-corrected chi connectivity index (χ3v) is 4.19. The average Bonchev–Trinajstić information content (AvgIpc) is 3.37. The second-order valence-electron chi connectivity index (χ2n) is 6.02. The van der Waals surface area contributed by atoms with E-state index in [2.05, 4.69) is 0 Å². The van der Waals surface area contributed by atoms with Crippen molar-refractivity contribution in [2.75, 3.05) is 13.7 Å². The van der Waals surface area contributed by atoms with E-state index in [9.17, 15) is 4.79 Å². The van der Waals surface area contributed by atoms with Crippen LogP contribution in [0.3, 0.4) is 0 Å². The molecule has 1 amide bonds. The van der Waals surface area contributed by atoms with Gasteiger partial charge in [-0.05, 0) is 38.3 Å². The molecule has 130 valence electrons. The Kier molecular flexibility index (Phi) is 9.03. The lowest BCUT2D eigenvalue weighted by molar-refractivity contribution is -0.132. The molecule has 2 N–H and O–H groups in total. The number of carbonyl (C=O) groups excluding carboxylic acids is 1. The topological polar surface area (TPSA) is 55.6 Å². The monoisotopic (exact) mass is 340 g/mol. The number of unbranched alkanes of at least 4 members (excludes halogenated alkanes) is 3. The van der Waals surface area contributed by atoms with Crippen molar-refractivity contribution in [2.45, 2.75) is 57.5 Å². The summed E-state index contributed by atoms with van der Waals surface area (Å²) in [6.07, 6.45) is 7.16. The van der Waals surface area contributed by atoms with Crippen LogP contribution in [-0.2, 0) is 11.3 Å². The Hall–Kier alpha value is -1.26. The first-order chi connectivity index (χ1) is 10.8. The van der Waals surface area contributed by atoms with Gasteiger partial charge >= 0.3 is 0 Å². The van der Waals surface area contributed by atoms with E-state index in [0.717, 1.165) is 56.4 Å². The molecule has 0 heterocycles. The van der Waals surface area contributed by atoms with E-state index in [4.69, 9.17) is 10.5 Å². The number of methoxy groups -OCH3 is 1. The summed E-state index contributed by atoms with van der Waals surface area (Å²) in [4.78, 5) is 14.6. The molecule has 2 rings (SSSR count). The highest BCUT2D eigenvalue weighted by molar-refractivity contribution is 5.85. The fourth-order valence-electron chi connectivity index (χ4n) is 2.74. The van der Waals surface area contributed by atoms with Crippen LogP contribution in [-0.4, -0.2) is 30.5 Å². The van der Waals surface area contributed by atoms with Gasteiger partial charge in [-0.25, -0.2) is 0 Å². The molecule has 0 radical (unpaired) electrons. The maximum Gasteiger partial charge on any atom is 0.223 e. The van der Waals surface area contributed by atoms with Crippen molar-refractivity contribution in [3.63, 3.8) is 0 Å². The molecule has 0 unspecified atom stereocenters. The normalized spacial score (nSPS) is 13.3. The summed E-state index contributed by atoms with van der Waals surface area (Å²) in [6, 6.07) is 8.39. The Morgan fingerprint density at radius 2 is 1.91 bits per heavy atom. The smallest absolute Gasteiger partial charge is 0.223 e. The number of rotatable bonds is 10. The summed E-state index contributed by atoms with van der Waals surface area (Å²) >= 11 is 0. The van der Waals surface area contributed by atoms with Crippen molar-refractivity contribution in [3.8, 4) is 5.75 Å². The number of para-hydroxylation sites is 1. The Bertz CT molecular complexity index is 478. The Morgan fingerprint density at radius 3 is 2.57 bits per heavy atom. The van der Waals surface area contributed by atoms with Gasteiger partial charge in [0.25, 0.3) is 0 Å². The molecule has 1 aromatic carbocycles. The summed E-state index contributed by atoms with van der Waals surface area (Å²) < 4.78 is 5.40. The zero-order valence-corrected chi connectivity index (χ0v) is 14.8. The lowest BCUT2D eigenvalue weighted by Gasteiger charge is -2.23. The van der Waals surface area contributed by atoms with Gasteiger partial charge in [-0.3, -0.25) is 4.79 Å². The number of nitrogens with zero attached hydrogens (tertiary/aromatic N) is 1. The number of amides is 1. The first kappa shape index (κ1) is 19.8. The maximum atomic E-state index is 12.5. The van der Waals surface area contributed by atoms with Gasteiger partial charge in [0.15, 0.2) is 0 Å². The second kappa shape index (κ2) is 10.5. The molecule has 1 aliphatic carbocycles. The largest absolute Gasteiger partial charge is 0.496 e. The highest BCUT2D eigenvalue weighted by Gasteiger charge is 2.32. The van der Waals surface area contributed by atoms with Crippen LogP contribution in [0.1, 0.15) is 50.5 Å². The van der Waals surface area contributed by atoms with Gasteiger partial charge in [-0.2, -0.15) is 0 Å². The molecule has 0 atom stereocenters. The van der Waals surface area contributed by atoms with E-state index in [-0.39, 0.29) is 18.3 Å². The van der Waals surface area contributed by atoms with Crippen LogP contribution in [0.25, 0.3) is 0 Å². The highest BCUT2D eigenvalue weighted by Crippen LogP contribution is 2.31. The van der Waals surface area contributed by atoms with Gasteiger partial charge in [0, 0.05) is 24.6 Å². The minimum Gasteiger partial charge on any atom is -0.496 e. The fourth-order valence-corrected chi connectivity index (χ4v) is 2.74. The predicted octanol–water partition coefficient (Wildman–Crippen LogP) is 3.52. The van der Waals surface area contributed by atoms with Gasteiger partial charge < -0.3 is 15.4 Å². The van der Waals surface area contributed by atoms with Gasteiger partial charge in [0.05, 0.1) is 7.11 Å². The molecule has 0 saturated heterocycles. The summed E-state index contributed by atoms with van der Waals surface area (Å²) in [5.74, 6) is 1.14. The molecule has 23 heavy (non-hydrogen) atoms. The maximum absolute atomic E-state index is 12.5. The number of nitrogens with two attached hydrogens (primary N) is 1. The van der Waals surface area contributed by atoms with Gasteiger partial charge in [-0.15, -0.1) is 12.4 Å². The van der Waals surface area contributed by atoms with Crippen molar-refractivity contribution in [2.24, 2.45) is 5.73 Å². The van der Waals surface area contributed by atoms with Gasteiger partial charge in [0.1, 0.15) is 5.75 Å². The summed E-state index contributed by atoms with van der Waals surface area (Å²) in [5.41, 5.74) is 6.58. The van der Waals surface area contributed by atoms with Crippen molar-refractivity contribution in [1.29, 1.82) is 0 Å². The van der Waals surface area contributed by atoms with E-state index in [0.29, 0.717) is 19.0 Å². The number of hydrogen-bond donors (Lipinski definition) is 1. The van der Waals surface area contributed by atoms with E-state index in [1.807, 2.05) is 29.2 Å². The van der Waals surface area contributed by atoms with Crippen LogP contribution < -0.4 is 10.5 Å². The zero-order valence-electron chi connectivity index (χ0n) is 14.0. The Morgan fingerprint density at radius 1 is 1.22 bits per heavy atom. The summed E-state index contributed by atoms with van der Waals surface area (Å²) in [5, 5.41) is 0.